The van der Waals surface area contributed by atoms with Crippen molar-refractivity contribution in [3.63, 3.8) is 0 Å². The lowest BCUT2D eigenvalue weighted by Crippen LogP contribution is -2.38. The average molecular weight is 365 g/mol. The molecule has 1 aliphatic carbocycles. The van der Waals surface area contributed by atoms with Gasteiger partial charge in [0.2, 0.25) is 0 Å². The van der Waals surface area contributed by atoms with E-state index in [0.717, 1.165) is 24.3 Å². The zero-order chi connectivity index (χ0) is 18.4. The van der Waals surface area contributed by atoms with Gasteiger partial charge in [0.25, 0.3) is 0 Å². The van der Waals surface area contributed by atoms with E-state index in [0.29, 0.717) is 17.2 Å². The molecule has 25 heavy (non-hydrogen) atoms. The van der Waals surface area contributed by atoms with E-state index in [1.807, 2.05) is 19.1 Å². The minimum Gasteiger partial charge on any atom is -0.489 e. The quantitative estimate of drug-likeness (QED) is 0.274. The molecule has 6 N–H and O–H groups in total. The fourth-order valence-electron chi connectivity index (χ4n) is 2.81. The Morgan fingerprint density at radius 3 is 2.60 bits per heavy atom. The first kappa shape index (κ1) is 19.4. The van der Waals surface area contributed by atoms with Crippen LogP contribution < -0.4 is 21.6 Å². The van der Waals surface area contributed by atoms with Gasteiger partial charge < -0.3 is 15.8 Å². The Kier molecular flexibility index (Phi) is 6.95. The Balaban J connectivity index is 2.21. The Bertz CT molecular complexity index is 640. The fraction of sp³-hybridized carbons (Fsp3) is 0.529. The molecule has 0 saturated heterocycles. The van der Waals surface area contributed by atoms with Crippen LogP contribution >= 0.6 is 11.8 Å². The standard InChI is InChI=1S/C17H28N6OS/c1-11-14(24-12-7-5-4-6-8-12)10-9-13(21-11)15(18)16(23(2)20)22-17(19)25-3/h9-10,12H,4-8,18,20H2,1-3H3,(H2,19,22)/b16-15-. The van der Waals surface area contributed by atoms with Gasteiger partial charge in [0.15, 0.2) is 5.17 Å². The summed E-state index contributed by atoms with van der Waals surface area (Å²) in [6.45, 7) is 1.91. The summed E-state index contributed by atoms with van der Waals surface area (Å²) in [6.07, 6.45) is 8.04. The molecule has 8 heteroatoms. The summed E-state index contributed by atoms with van der Waals surface area (Å²) in [4.78, 5) is 4.57. The smallest absolute Gasteiger partial charge is 0.159 e. The molecule has 0 aromatic carbocycles. The highest BCUT2D eigenvalue weighted by Gasteiger charge is 2.17. The van der Waals surface area contributed by atoms with Crippen LogP contribution in [0.25, 0.3) is 5.70 Å². The van der Waals surface area contributed by atoms with Crippen molar-refractivity contribution in [1.82, 2.24) is 15.3 Å². The first-order valence-corrected chi connectivity index (χ1v) is 9.67. The SMILES string of the molecule is CSC(=N)N/C(=C(/N)c1ccc(OC2CCCCC2)c(C)n1)N(C)N. The molecular formula is C17H28N6OS. The second kappa shape index (κ2) is 8.96. The van der Waals surface area contributed by atoms with Gasteiger partial charge in [-0.3, -0.25) is 10.4 Å². The van der Waals surface area contributed by atoms with E-state index in [-0.39, 0.29) is 11.3 Å². The number of hydrogen-bond acceptors (Lipinski definition) is 7. The van der Waals surface area contributed by atoms with Crippen molar-refractivity contribution >= 4 is 22.6 Å². The van der Waals surface area contributed by atoms with Gasteiger partial charge in [0.05, 0.1) is 17.5 Å². The van der Waals surface area contributed by atoms with Gasteiger partial charge in [-0.15, -0.1) is 0 Å². The van der Waals surface area contributed by atoms with Gasteiger partial charge in [0.1, 0.15) is 17.3 Å². The van der Waals surface area contributed by atoms with Crippen molar-refractivity contribution in [2.75, 3.05) is 13.3 Å². The maximum Gasteiger partial charge on any atom is 0.159 e. The number of aryl methyl sites for hydroxylation is 1. The lowest BCUT2D eigenvalue weighted by atomic mass is 9.98. The third-order valence-electron chi connectivity index (χ3n) is 4.20. The van der Waals surface area contributed by atoms with Crippen LogP contribution in [0.4, 0.5) is 0 Å². The molecule has 1 aromatic heterocycles. The average Bonchev–Trinajstić information content (AvgIpc) is 2.61. The molecule has 0 radical (unpaired) electrons. The lowest BCUT2D eigenvalue weighted by Gasteiger charge is -2.24. The number of pyridine rings is 1. The highest BCUT2D eigenvalue weighted by molar-refractivity contribution is 8.13. The number of aromatic nitrogens is 1. The number of hydrazine groups is 1. The summed E-state index contributed by atoms with van der Waals surface area (Å²) in [5.41, 5.74) is 8.01. The zero-order valence-corrected chi connectivity index (χ0v) is 15.9. The van der Waals surface area contributed by atoms with Gasteiger partial charge in [0, 0.05) is 7.05 Å². The van der Waals surface area contributed by atoms with Gasteiger partial charge in [-0.05, 0) is 51.0 Å². The second-order valence-corrected chi connectivity index (χ2v) is 7.01. The molecule has 0 unspecified atom stereocenters. The summed E-state index contributed by atoms with van der Waals surface area (Å²) in [6, 6.07) is 3.74. The minimum atomic E-state index is 0.254. The predicted octanol–water partition coefficient (Wildman–Crippen LogP) is 2.38. The first-order chi connectivity index (χ1) is 11.9. The van der Waals surface area contributed by atoms with Crippen molar-refractivity contribution in [2.24, 2.45) is 11.6 Å². The van der Waals surface area contributed by atoms with Gasteiger partial charge in [-0.1, -0.05) is 18.2 Å². The van der Waals surface area contributed by atoms with Crippen LogP contribution in [-0.4, -0.2) is 34.6 Å². The van der Waals surface area contributed by atoms with Crippen LogP contribution in [-0.2, 0) is 0 Å². The molecule has 1 fully saturated rings. The fourth-order valence-corrected chi connectivity index (χ4v) is 3.01. The highest BCUT2D eigenvalue weighted by atomic mass is 32.2. The molecule has 0 atom stereocenters. The van der Waals surface area contributed by atoms with E-state index in [9.17, 15) is 0 Å². The first-order valence-electron chi connectivity index (χ1n) is 8.44. The molecule has 138 valence electrons. The van der Waals surface area contributed by atoms with Crippen LogP contribution in [0.5, 0.6) is 5.75 Å². The number of nitrogens with zero attached hydrogens (tertiary/aromatic N) is 2. The minimum absolute atomic E-state index is 0.254. The molecule has 1 aliphatic rings. The van der Waals surface area contributed by atoms with Crippen LogP contribution in [0.15, 0.2) is 18.0 Å². The molecule has 0 amide bonds. The number of hydrogen-bond donors (Lipinski definition) is 4. The summed E-state index contributed by atoms with van der Waals surface area (Å²) >= 11 is 1.27. The summed E-state index contributed by atoms with van der Waals surface area (Å²) < 4.78 is 6.10. The number of amidine groups is 1. The molecule has 1 saturated carbocycles. The van der Waals surface area contributed by atoms with Crippen LogP contribution in [0.1, 0.15) is 43.5 Å². The van der Waals surface area contributed by atoms with Crippen LogP contribution in [0, 0.1) is 12.3 Å². The third-order valence-corrected chi connectivity index (χ3v) is 4.71. The molecule has 2 rings (SSSR count). The van der Waals surface area contributed by atoms with E-state index in [2.05, 4.69) is 10.3 Å². The van der Waals surface area contributed by atoms with Gasteiger partial charge in [-0.25, -0.2) is 10.8 Å². The van der Waals surface area contributed by atoms with Crippen molar-refractivity contribution in [2.45, 2.75) is 45.1 Å². The number of ether oxygens (including phenoxy) is 1. The molecule has 1 heterocycles. The van der Waals surface area contributed by atoms with Crippen molar-refractivity contribution in [3.8, 4) is 5.75 Å². The van der Waals surface area contributed by atoms with E-state index in [4.69, 9.17) is 21.7 Å². The third kappa shape index (κ3) is 5.27. The number of thioether (sulfide) groups is 1. The number of nitrogens with one attached hydrogen (secondary N) is 2. The van der Waals surface area contributed by atoms with E-state index >= 15 is 0 Å². The number of nitrogens with two attached hydrogens (primary N) is 2. The maximum absolute atomic E-state index is 7.78. The molecule has 0 aliphatic heterocycles. The Morgan fingerprint density at radius 2 is 2.04 bits per heavy atom. The summed E-state index contributed by atoms with van der Waals surface area (Å²) in [5, 5.41) is 12.3. The van der Waals surface area contributed by atoms with Gasteiger partial charge in [-0.2, -0.15) is 0 Å². The van der Waals surface area contributed by atoms with Crippen LogP contribution in [0.2, 0.25) is 0 Å². The van der Waals surface area contributed by atoms with Crippen molar-refractivity contribution < 1.29 is 4.74 Å². The predicted molar refractivity (Wildman–Crippen MR) is 104 cm³/mol. The van der Waals surface area contributed by atoms with Gasteiger partial charge >= 0.3 is 0 Å². The maximum atomic E-state index is 7.78. The van der Waals surface area contributed by atoms with E-state index in [1.54, 1.807) is 13.3 Å². The molecule has 0 bridgehead atoms. The Morgan fingerprint density at radius 1 is 1.36 bits per heavy atom. The Labute approximate surface area is 153 Å². The van der Waals surface area contributed by atoms with Crippen LogP contribution in [0.3, 0.4) is 0 Å². The zero-order valence-electron chi connectivity index (χ0n) is 15.1. The largest absolute Gasteiger partial charge is 0.489 e. The molecule has 1 aromatic rings. The molecular weight excluding hydrogens is 336 g/mol. The highest BCUT2D eigenvalue weighted by Crippen LogP contribution is 2.26. The van der Waals surface area contributed by atoms with E-state index < -0.39 is 0 Å². The second-order valence-electron chi connectivity index (χ2n) is 6.19. The molecule has 7 nitrogen and oxygen atoms in total. The topological polar surface area (TPSA) is 113 Å². The summed E-state index contributed by atoms with van der Waals surface area (Å²) in [5.74, 6) is 7.08. The normalized spacial score (nSPS) is 16.2. The summed E-state index contributed by atoms with van der Waals surface area (Å²) in [7, 11) is 1.66. The number of rotatable bonds is 5. The monoisotopic (exact) mass is 364 g/mol. The van der Waals surface area contributed by atoms with Crippen molar-refractivity contribution in [3.05, 3.63) is 29.3 Å². The molecule has 0 spiro atoms. The van der Waals surface area contributed by atoms with E-state index in [1.165, 1.54) is 36.0 Å². The lowest BCUT2D eigenvalue weighted by molar-refractivity contribution is 0.153. The Hall–Kier alpha value is -1.93. The van der Waals surface area contributed by atoms with Crippen molar-refractivity contribution in [1.29, 1.82) is 5.41 Å².